The highest BCUT2D eigenvalue weighted by Crippen LogP contribution is 2.31. The van der Waals surface area contributed by atoms with Gasteiger partial charge in [-0.1, -0.05) is 10.5 Å². The van der Waals surface area contributed by atoms with Gasteiger partial charge in [-0.25, -0.2) is 8.42 Å². The Morgan fingerprint density at radius 2 is 1.81 bits per heavy atom. The van der Waals surface area contributed by atoms with E-state index in [4.69, 9.17) is 14.3 Å². The molecule has 0 aliphatic rings. The maximum atomic E-state index is 12.6. The third-order valence-electron chi connectivity index (χ3n) is 4.55. The Labute approximate surface area is 186 Å². The van der Waals surface area contributed by atoms with Crippen molar-refractivity contribution in [1.29, 1.82) is 0 Å². The van der Waals surface area contributed by atoms with Crippen molar-refractivity contribution in [3.05, 3.63) is 78.1 Å². The van der Waals surface area contributed by atoms with Crippen LogP contribution in [0.5, 0.6) is 11.5 Å². The van der Waals surface area contributed by atoms with Crippen LogP contribution < -0.4 is 14.8 Å². The van der Waals surface area contributed by atoms with E-state index >= 15 is 0 Å². The largest absolute Gasteiger partial charge is 0.493 e. The topological polar surface area (TPSA) is 107 Å². The van der Waals surface area contributed by atoms with E-state index in [1.807, 2.05) is 12.1 Å². The summed E-state index contributed by atoms with van der Waals surface area (Å²) in [5.41, 5.74) is 1.67. The zero-order valence-corrected chi connectivity index (χ0v) is 18.6. The molecule has 1 aromatic heterocycles. The van der Waals surface area contributed by atoms with Gasteiger partial charge in [0.1, 0.15) is 6.61 Å². The van der Waals surface area contributed by atoms with Gasteiger partial charge < -0.3 is 14.8 Å². The summed E-state index contributed by atoms with van der Waals surface area (Å²) in [5.74, 6) is 0.569. The fourth-order valence-electron chi connectivity index (χ4n) is 2.74. The zero-order valence-electron chi connectivity index (χ0n) is 17.8. The summed E-state index contributed by atoms with van der Waals surface area (Å²) in [6.07, 6.45) is 3.38. The first-order valence-electron chi connectivity index (χ1n) is 9.49. The molecule has 2 aromatic carbocycles. The molecule has 0 unspecified atom stereocenters. The highest BCUT2D eigenvalue weighted by molar-refractivity contribution is 7.89. The second kappa shape index (κ2) is 10.2. The van der Waals surface area contributed by atoms with Crippen LogP contribution in [0.3, 0.4) is 0 Å². The average molecular weight is 458 g/mol. The summed E-state index contributed by atoms with van der Waals surface area (Å²) in [7, 11) is 0.279. The van der Waals surface area contributed by atoms with Gasteiger partial charge in [0.05, 0.1) is 19.1 Å². The SMILES string of the molecule is COc1ccc(NC(=O)c2ccc(S(=O)(=O)N(C)OC)cc2)cc1OCc1cccnc1. The average Bonchev–Trinajstić information content (AvgIpc) is 2.83. The van der Waals surface area contributed by atoms with E-state index < -0.39 is 15.9 Å². The standard InChI is InChI=1S/C22H23N3O6S/c1-25(30-3)32(27,28)19-9-6-17(7-10-19)22(26)24-18-8-11-20(29-2)21(13-18)31-15-16-5-4-12-23-14-16/h4-14H,15H2,1-3H3,(H,24,26). The first-order valence-corrected chi connectivity index (χ1v) is 10.9. The third-order valence-corrected chi connectivity index (χ3v) is 6.24. The summed E-state index contributed by atoms with van der Waals surface area (Å²) >= 11 is 0. The minimum Gasteiger partial charge on any atom is -0.493 e. The highest BCUT2D eigenvalue weighted by atomic mass is 32.2. The number of methoxy groups -OCH3 is 1. The quantitative estimate of drug-likeness (QED) is 0.492. The van der Waals surface area contributed by atoms with Crippen LogP contribution in [-0.4, -0.2) is 45.0 Å². The van der Waals surface area contributed by atoms with Gasteiger partial charge in [0.25, 0.3) is 15.9 Å². The summed E-state index contributed by atoms with van der Waals surface area (Å²) in [5, 5.41) is 2.77. The molecule has 0 aliphatic heterocycles. The highest BCUT2D eigenvalue weighted by Gasteiger charge is 2.21. The lowest BCUT2D eigenvalue weighted by atomic mass is 10.2. The van der Waals surface area contributed by atoms with Crippen molar-refractivity contribution in [2.45, 2.75) is 11.5 Å². The first-order chi connectivity index (χ1) is 15.3. The molecule has 0 fully saturated rings. The lowest BCUT2D eigenvalue weighted by molar-refractivity contribution is -0.0258. The monoisotopic (exact) mass is 457 g/mol. The molecule has 168 valence electrons. The molecule has 0 saturated heterocycles. The van der Waals surface area contributed by atoms with Crippen molar-refractivity contribution in [2.24, 2.45) is 0 Å². The van der Waals surface area contributed by atoms with Crippen LogP contribution in [0.15, 0.2) is 71.9 Å². The molecule has 0 bridgehead atoms. The summed E-state index contributed by atoms with van der Waals surface area (Å²) in [4.78, 5) is 21.4. The smallest absolute Gasteiger partial charge is 0.264 e. The van der Waals surface area contributed by atoms with Crippen molar-refractivity contribution in [3.63, 3.8) is 0 Å². The Balaban J connectivity index is 1.73. The number of sulfonamides is 1. The van der Waals surface area contributed by atoms with Crippen LogP contribution in [0.4, 0.5) is 5.69 Å². The van der Waals surface area contributed by atoms with E-state index in [0.717, 1.165) is 10.0 Å². The molecule has 0 atom stereocenters. The summed E-state index contributed by atoms with van der Waals surface area (Å²) in [6.45, 7) is 0.285. The van der Waals surface area contributed by atoms with Crippen LogP contribution in [0, 0.1) is 0 Å². The Hall–Kier alpha value is -3.47. The van der Waals surface area contributed by atoms with Gasteiger partial charge in [0.2, 0.25) is 0 Å². The number of carbonyl (C=O) groups is 1. The normalized spacial score (nSPS) is 11.2. The number of nitrogens with zero attached hydrogens (tertiary/aromatic N) is 2. The number of hydrogen-bond acceptors (Lipinski definition) is 7. The van der Waals surface area contributed by atoms with Crippen molar-refractivity contribution in [3.8, 4) is 11.5 Å². The van der Waals surface area contributed by atoms with Gasteiger partial charge in [0.15, 0.2) is 11.5 Å². The van der Waals surface area contributed by atoms with E-state index in [-0.39, 0.29) is 17.1 Å². The molecule has 1 amide bonds. The number of pyridine rings is 1. The number of hydrogen-bond donors (Lipinski definition) is 1. The van der Waals surface area contributed by atoms with Gasteiger partial charge in [0, 0.05) is 42.3 Å². The van der Waals surface area contributed by atoms with Gasteiger partial charge in [-0.3, -0.25) is 14.6 Å². The number of hydroxylamine groups is 1. The van der Waals surface area contributed by atoms with E-state index in [0.29, 0.717) is 17.2 Å². The molecular formula is C22H23N3O6S. The number of rotatable bonds is 9. The predicted molar refractivity (Wildman–Crippen MR) is 118 cm³/mol. The zero-order chi connectivity index (χ0) is 23.1. The number of benzene rings is 2. The fraction of sp³-hybridized carbons (Fsp3) is 0.182. The lowest BCUT2D eigenvalue weighted by Crippen LogP contribution is -2.25. The molecule has 0 radical (unpaired) electrons. The molecule has 0 saturated carbocycles. The summed E-state index contributed by atoms with van der Waals surface area (Å²) in [6, 6.07) is 14.3. The van der Waals surface area contributed by atoms with E-state index in [9.17, 15) is 13.2 Å². The number of nitrogens with one attached hydrogen (secondary N) is 1. The summed E-state index contributed by atoms with van der Waals surface area (Å²) < 4.78 is 36.4. The molecule has 0 spiro atoms. The van der Waals surface area contributed by atoms with E-state index in [1.54, 1.807) is 30.6 Å². The molecule has 0 aliphatic carbocycles. The number of aromatic nitrogens is 1. The maximum Gasteiger partial charge on any atom is 0.264 e. The first kappa shape index (κ1) is 23.2. The van der Waals surface area contributed by atoms with Gasteiger partial charge >= 0.3 is 0 Å². The molecule has 1 N–H and O–H groups in total. The Kier molecular flexibility index (Phi) is 7.41. The van der Waals surface area contributed by atoms with Crippen molar-refractivity contribution >= 4 is 21.6 Å². The Morgan fingerprint density at radius 1 is 1.06 bits per heavy atom. The Morgan fingerprint density at radius 3 is 2.44 bits per heavy atom. The second-order valence-corrected chi connectivity index (χ2v) is 8.53. The van der Waals surface area contributed by atoms with Crippen molar-refractivity contribution in [1.82, 2.24) is 9.45 Å². The third kappa shape index (κ3) is 5.41. The molecule has 1 heterocycles. The van der Waals surface area contributed by atoms with Crippen molar-refractivity contribution in [2.75, 3.05) is 26.6 Å². The van der Waals surface area contributed by atoms with Gasteiger partial charge in [-0.2, -0.15) is 0 Å². The minimum atomic E-state index is -3.79. The molecular weight excluding hydrogens is 434 g/mol. The minimum absolute atomic E-state index is 0.00827. The van der Waals surface area contributed by atoms with Crippen LogP contribution >= 0.6 is 0 Å². The van der Waals surface area contributed by atoms with E-state index in [2.05, 4.69) is 10.3 Å². The molecule has 32 heavy (non-hydrogen) atoms. The number of carbonyl (C=O) groups excluding carboxylic acids is 1. The van der Waals surface area contributed by atoms with Crippen LogP contribution in [0.25, 0.3) is 0 Å². The van der Waals surface area contributed by atoms with Gasteiger partial charge in [-0.05, 0) is 42.5 Å². The molecule has 3 aromatic rings. The van der Waals surface area contributed by atoms with Crippen LogP contribution in [0.1, 0.15) is 15.9 Å². The van der Waals surface area contributed by atoms with E-state index in [1.165, 1.54) is 45.5 Å². The maximum absolute atomic E-state index is 12.6. The van der Waals surface area contributed by atoms with Crippen molar-refractivity contribution < 1.29 is 27.5 Å². The van der Waals surface area contributed by atoms with Gasteiger partial charge in [-0.15, -0.1) is 0 Å². The predicted octanol–water partition coefficient (Wildman–Crippen LogP) is 3.10. The number of ether oxygens (including phenoxy) is 2. The lowest BCUT2D eigenvalue weighted by Gasteiger charge is -2.14. The number of anilines is 1. The second-order valence-electron chi connectivity index (χ2n) is 6.59. The molecule has 3 rings (SSSR count). The van der Waals surface area contributed by atoms with Crippen LogP contribution in [0.2, 0.25) is 0 Å². The molecule has 10 heteroatoms. The molecule has 9 nitrogen and oxygen atoms in total. The Bertz CT molecular complexity index is 1170. The van der Waals surface area contributed by atoms with Crippen LogP contribution in [-0.2, 0) is 21.5 Å². The number of amides is 1. The fourth-order valence-corrected chi connectivity index (χ4v) is 3.71.